The highest BCUT2D eigenvalue weighted by Crippen LogP contribution is 2.22. The number of hydrogen-bond donors (Lipinski definition) is 2. The first-order chi connectivity index (χ1) is 13.8. The van der Waals surface area contributed by atoms with Gasteiger partial charge < -0.3 is 20.4 Å². The Bertz CT molecular complexity index is 817. The van der Waals surface area contributed by atoms with Gasteiger partial charge in [-0.3, -0.25) is 0 Å². The molecular weight excluding hydrogens is 348 g/mol. The van der Waals surface area contributed by atoms with Crippen molar-refractivity contribution in [1.29, 1.82) is 0 Å². The molecule has 0 saturated carbocycles. The number of urea groups is 1. The summed E-state index contributed by atoms with van der Waals surface area (Å²) in [6.45, 7) is 4.65. The van der Waals surface area contributed by atoms with E-state index in [-0.39, 0.29) is 6.03 Å². The van der Waals surface area contributed by atoms with Crippen LogP contribution in [-0.2, 0) is 6.54 Å². The molecule has 2 aliphatic heterocycles. The van der Waals surface area contributed by atoms with E-state index in [2.05, 4.69) is 56.9 Å². The zero-order chi connectivity index (χ0) is 19.2. The largest absolute Gasteiger partial charge is 0.372 e. The van der Waals surface area contributed by atoms with Crippen LogP contribution in [0.25, 0.3) is 0 Å². The zero-order valence-corrected chi connectivity index (χ0v) is 16.2. The number of carbonyl (C=O) groups excluding carboxylic acids is 1. The van der Waals surface area contributed by atoms with Crippen molar-refractivity contribution in [3.63, 3.8) is 0 Å². The van der Waals surface area contributed by atoms with Crippen LogP contribution >= 0.6 is 0 Å². The number of anilines is 3. The number of amides is 2. The van der Waals surface area contributed by atoms with Crippen molar-refractivity contribution in [2.24, 2.45) is 0 Å². The molecule has 2 N–H and O–H groups in total. The normalized spacial score (nSPS) is 16.3. The smallest absolute Gasteiger partial charge is 0.319 e. The van der Waals surface area contributed by atoms with Gasteiger partial charge in [0.1, 0.15) is 0 Å². The molecule has 1 fully saturated rings. The van der Waals surface area contributed by atoms with Gasteiger partial charge in [0.15, 0.2) is 0 Å². The van der Waals surface area contributed by atoms with E-state index in [1.165, 1.54) is 30.6 Å². The minimum Gasteiger partial charge on any atom is -0.372 e. The average Bonchev–Trinajstić information content (AvgIpc) is 3.29. The number of benzene rings is 2. The quantitative estimate of drug-likeness (QED) is 0.762. The van der Waals surface area contributed by atoms with Crippen LogP contribution in [0.15, 0.2) is 60.7 Å². The molecule has 0 unspecified atom stereocenters. The molecule has 5 nitrogen and oxygen atoms in total. The molecule has 28 heavy (non-hydrogen) atoms. The molecule has 2 aromatic carbocycles. The van der Waals surface area contributed by atoms with Gasteiger partial charge >= 0.3 is 6.03 Å². The van der Waals surface area contributed by atoms with Gasteiger partial charge in [-0.05, 0) is 61.2 Å². The molecule has 0 bridgehead atoms. The second-order valence-corrected chi connectivity index (χ2v) is 7.45. The molecule has 2 aliphatic rings. The predicted octanol–water partition coefficient (Wildman–Crippen LogP) is 4.37. The summed E-state index contributed by atoms with van der Waals surface area (Å²) in [5.41, 5.74) is 4.34. The Hall–Kier alpha value is -2.95. The van der Waals surface area contributed by atoms with Crippen molar-refractivity contribution in [2.45, 2.75) is 25.8 Å². The molecule has 1 saturated heterocycles. The number of carbonyl (C=O) groups is 1. The number of nitrogens with zero attached hydrogens (tertiary/aromatic N) is 2. The first-order valence-corrected chi connectivity index (χ1v) is 10.2. The predicted molar refractivity (Wildman–Crippen MR) is 116 cm³/mol. The van der Waals surface area contributed by atoms with Crippen LogP contribution in [0.2, 0.25) is 0 Å². The lowest BCUT2D eigenvalue weighted by Gasteiger charge is -2.28. The monoisotopic (exact) mass is 376 g/mol. The van der Waals surface area contributed by atoms with E-state index < -0.39 is 0 Å². The van der Waals surface area contributed by atoms with Gasteiger partial charge in [-0.15, -0.1) is 0 Å². The average molecular weight is 377 g/mol. The van der Waals surface area contributed by atoms with Crippen molar-refractivity contribution in [3.05, 3.63) is 66.2 Å². The zero-order valence-electron chi connectivity index (χ0n) is 16.2. The lowest BCUT2D eigenvalue weighted by Crippen LogP contribution is -2.29. The minimum atomic E-state index is -0.182. The SMILES string of the molecule is O=C(NCc1cccc(N2CC=CC2)c1)Nc1ccc(N2CCCCC2)cc1. The lowest BCUT2D eigenvalue weighted by molar-refractivity contribution is 0.251. The molecule has 2 amide bonds. The third kappa shape index (κ3) is 4.66. The van der Waals surface area contributed by atoms with Crippen molar-refractivity contribution in [2.75, 3.05) is 41.3 Å². The van der Waals surface area contributed by atoms with E-state index in [1.54, 1.807) is 0 Å². The summed E-state index contributed by atoms with van der Waals surface area (Å²) in [5, 5.41) is 5.87. The van der Waals surface area contributed by atoms with Crippen molar-refractivity contribution in [1.82, 2.24) is 5.32 Å². The van der Waals surface area contributed by atoms with Crippen LogP contribution < -0.4 is 20.4 Å². The number of nitrogens with one attached hydrogen (secondary N) is 2. The Labute approximate surface area is 167 Å². The molecule has 0 radical (unpaired) electrons. The molecule has 4 rings (SSSR count). The van der Waals surface area contributed by atoms with E-state index in [1.807, 2.05) is 24.3 Å². The third-order valence-corrected chi connectivity index (χ3v) is 5.39. The van der Waals surface area contributed by atoms with E-state index in [9.17, 15) is 4.79 Å². The maximum absolute atomic E-state index is 12.3. The minimum absolute atomic E-state index is 0.182. The number of piperidine rings is 1. The van der Waals surface area contributed by atoms with E-state index >= 15 is 0 Å². The Balaban J connectivity index is 1.28. The Morgan fingerprint density at radius 3 is 2.36 bits per heavy atom. The Morgan fingerprint density at radius 1 is 0.857 bits per heavy atom. The van der Waals surface area contributed by atoms with Crippen LogP contribution in [-0.4, -0.2) is 32.2 Å². The van der Waals surface area contributed by atoms with Crippen LogP contribution in [0.5, 0.6) is 0 Å². The molecule has 5 heteroatoms. The van der Waals surface area contributed by atoms with E-state index in [0.717, 1.165) is 37.4 Å². The van der Waals surface area contributed by atoms with Gasteiger partial charge in [0.05, 0.1) is 0 Å². The summed E-state index contributed by atoms with van der Waals surface area (Å²) in [7, 11) is 0. The van der Waals surface area contributed by atoms with Gasteiger partial charge in [0.2, 0.25) is 0 Å². The summed E-state index contributed by atoms with van der Waals surface area (Å²) in [4.78, 5) is 17.0. The Morgan fingerprint density at radius 2 is 1.61 bits per heavy atom. The fraction of sp³-hybridized carbons (Fsp3) is 0.348. The van der Waals surface area contributed by atoms with Crippen molar-refractivity contribution >= 4 is 23.1 Å². The maximum atomic E-state index is 12.3. The summed E-state index contributed by atoms with van der Waals surface area (Å²) in [6, 6.07) is 16.3. The summed E-state index contributed by atoms with van der Waals surface area (Å²) in [5.74, 6) is 0. The summed E-state index contributed by atoms with van der Waals surface area (Å²) in [6.07, 6.45) is 8.20. The summed E-state index contributed by atoms with van der Waals surface area (Å²) < 4.78 is 0. The molecule has 146 valence electrons. The van der Waals surface area contributed by atoms with Gasteiger partial charge in [-0.1, -0.05) is 24.3 Å². The van der Waals surface area contributed by atoms with Gasteiger partial charge in [-0.25, -0.2) is 4.79 Å². The lowest BCUT2D eigenvalue weighted by atomic mass is 10.1. The van der Waals surface area contributed by atoms with Gasteiger partial charge in [0.25, 0.3) is 0 Å². The maximum Gasteiger partial charge on any atom is 0.319 e. The van der Waals surface area contributed by atoms with Crippen molar-refractivity contribution < 1.29 is 4.79 Å². The fourth-order valence-corrected chi connectivity index (χ4v) is 3.82. The summed E-state index contributed by atoms with van der Waals surface area (Å²) >= 11 is 0. The highest BCUT2D eigenvalue weighted by molar-refractivity contribution is 5.89. The van der Waals surface area contributed by atoms with Crippen LogP contribution in [0.4, 0.5) is 21.9 Å². The second-order valence-electron chi connectivity index (χ2n) is 7.45. The Kier molecular flexibility index (Phi) is 5.80. The van der Waals surface area contributed by atoms with Crippen LogP contribution in [0, 0.1) is 0 Å². The number of rotatable bonds is 5. The molecule has 2 heterocycles. The molecular formula is C23H28N4O. The molecule has 0 atom stereocenters. The van der Waals surface area contributed by atoms with Crippen LogP contribution in [0.1, 0.15) is 24.8 Å². The highest BCUT2D eigenvalue weighted by atomic mass is 16.2. The highest BCUT2D eigenvalue weighted by Gasteiger charge is 2.11. The first-order valence-electron chi connectivity index (χ1n) is 10.2. The van der Waals surface area contributed by atoms with Crippen LogP contribution in [0.3, 0.4) is 0 Å². The molecule has 2 aromatic rings. The third-order valence-electron chi connectivity index (χ3n) is 5.39. The van der Waals surface area contributed by atoms with E-state index in [4.69, 9.17) is 0 Å². The molecule has 0 aromatic heterocycles. The van der Waals surface area contributed by atoms with Gasteiger partial charge in [0, 0.05) is 49.8 Å². The standard InChI is InChI=1S/C23H28N4O/c28-23(24-18-19-7-6-8-22(17-19)27-15-4-5-16-27)25-20-9-11-21(12-10-20)26-13-2-1-3-14-26/h4-12,17H,1-3,13-16,18H2,(H2,24,25,28). The number of hydrogen-bond acceptors (Lipinski definition) is 3. The second kappa shape index (κ2) is 8.83. The fourth-order valence-electron chi connectivity index (χ4n) is 3.82. The van der Waals surface area contributed by atoms with E-state index in [0.29, 0.717) is 6.54 Å². The molecule has 0 spiro atoms. The van der Waals surface area contributed by atoms with Crippen molar-refractivity contribution in [3.8, 4) is 0 Å². The van der Waals surface area contributed by atoms with Gasteiger partial charge in [-0.2, -0.15) is 0 Å². The topological polar surface area (TPSA) is 47.6 Å². The first kappa shape index (κ1) is 18.4. The molecule has 0 aliphatic carbocycles.